The lowest BCUT2D eigenvalue weighted by atomic mass is 9.85. The highest BCUT2D eigenvalue weighted by molar-refractivity contribution is 4.72. The van der Waals surface area contributed by atoms with E-state index in [0.717, 1.165) is 50.0 Å². The van der Waals surface area contributed by atoms with Crippen LogP contribution in [0.1, 0.15) is 34.1 Å². The second-order valence-corrected chi connectivity index (χ2v) is 5.54. The fourth-order valence-electron chi connectivity index (χ4n) is 2.44. The predicted octanol–water partition coefficient (Wildman–Crippen LogP) is 2.54. The van der Waals surface area contributed by atoms with Crippen molar-refractivity contribution >= 4 is 0 Å². The summed E-state index contributed by atoms with van der Waals surface area (Å²) in [7, 11) is 0. The summed E-state index contributed by atoms with van der Waals surface area (Å²) in [6.45, 7) is 13.5. The van der Waals surface area contributed by atoms with Crippen LogP contribution in [0.5, 0.6) is 0 Å². The van der Waals surface area contributed by atoms with Crippen LogP contribution in [0.25, 0.3) is 0 Å². The van der Waals surface area contributed by atoms with Crippen LogP contribution >= 0.6 is 0 Å². The molecule has 0 aromatic heterocycles. The molecule has 90 valence electrons. The lowest BCUT2D eigenvalue weighted by Crippen LogP contribution is -2.33. The van der Waals surface area contributed by atoms with Gasteiger partial charge in [0.2, 0.25) is 0 Å². The largest absolute Gasteiger partial charge is 0.381 e. The van der Waals surface area contributed by atoms with Crippen LogP contribution < -0.4 is 5.32 Å². The number of ether oxygens (including phenoxy) is 1. The van der Waals surface area contributed by atoms with Crippen LogP contribution in [0.2, 0.25) is 0 Å². The van der Waals surface area contributed by atoms with Gasteiger partial charge in [0.25, 0.3) is 0 Å². The Balaban J connectivity index is 2.15. The molecular formula is C13H27NO. The topological polar surface area (TPSA) is 21.3 Å². The third-order valence-corrected chi connectivity index (χ3v) is 3.55. The second kappa shape index (κ2) is 6.49. The molecule has 2 heteroatoms. The minimum Gasteiger partial charge on any atom is -0.381 e. The van der Waals surface area contributed by atoms with Crippen molar-refractivity contribution in [2.45, 2.75) is 34.1 Å². The Hall–Kier alpha value is -0.0800. The van der Waals surface area contributed by atoms with Gasteiger partial charge in [-0.1, -0.05) is 27.7 Å². The van der Waals surface area contributed by atoms with E-state index < -0.39 is 0 Å². The third kappa shape index (κ3) is 4.52. The molecule has 1 unspecified atom stereocenters. The Morgan fingerprint density at radius 3 is 2.33 bits per heavy atom. The average molecular weight is 213 g/mol. The fourth-order valence-corrected chi connectivity index (χ4v) is 2.44. The zero-order chi connectivity index (χ0) is 11.3. The molecule has 0 bridgehead atoms. The Bertz CT molecular complexity index is 154. The van der Waals surface area contributed by atoms with Gasteiger partial charge in [0.05, 0.1) is 6.61 Å². The molecule has 0 radical (unpaired) electrons. The molecule has 0 spiro atoms. The molecule has 1 aliphatic heterocycles. The van der Waals surface area contributed by atoms with Gasteiger partial charge in [0.1, 0.15) is 0 Å². The zero-order valence-corrected chi connectivity index (χ0v) is 10.8. The summed E-state index contributed by atoms with van der Waals surface area (Å²) in [6.07, 6.45) is 1.24. The number of hydrogen-bond acceptors (Lipinski definition) is 2. The second-order valence-electron chi connectivity index (χ2n) is 5.54. The smallest absolute Gasteiger partial charge is 0.0507 e. The van der Waals surface area contributed by atoms with Gasteiger partial charge in [0.15, 0.2) is 0 Å². The fraction of sp³-hybridized carbons (Fsp3) is 1.00. The van der Waals surface area contributed by atoms with Gasteiger partial charge in [-0.05, 0) is 36.6 Å². The first kappa shape index (κ1) is 13.0. The molecule has 1 atom stereocenters. The van der Waals surface area contributed by atoms with E-state index >= 15 is 0 Å². The van der Waals surface area contributed by atoms with Crippen LogP contribution in [0.15, 0.2) is 0 Å². The molecule has 1 fully saturated rings. The van der Waals surface area contributed by atoms with Crippen LogP contribution in [-0.2, 0) is 4.74 Å². The van der Waals surface area contributed by atoms with E-state index in [1.165, 1.54) is 6.42 Å². The van der Waals surface area contributed by atoms with Gasteiger partial charge in [-0.2, -0.15) is 0 Å². The molecule has 0 amide bonds. The van der Waals surface area contributed by atoms with Crippen molar-refractivity contribution in [3.05, 3.63) is 0 Å². The quantitative estimate of drug-likeness (QED) is 0.732. The van der Waals surface area contributed by atoms with E-state index in [2.05, 4.69) is 33.0 Å². The first-order chi connectivity index (χ1) is 7.11. The summed E-state index contributed by atoms with van der Waals surface area (Å²) >= 11 is 0. The van der Waals surface area contributed by atoms with Gasteiger partial charge in [-0.25, -0.2) is 0 Å². The Morgan fingerprint density at radius 2 is 1.87 bits per heavy atom. The van der Waals surface area contributed by atoms with Crippen LogP contribution in [0.4, 0.5) is 0 Å². The highest BCUT2D eigenvalue weighted by Gasteiger charge is 2.19. The predicted molar refractivity (Wildman–Crippen MR) is 65.0 cm³/mol. The minimum atomic E-state index is 0.755. The molecule has 1 rings (SSSR count). The van der Waals surface area contributed by atoms with E-state index in [0.29, 0.717) is 0 Å². The van der Waals surface area contributed by atoms with Gasteiger partial charge < -0.3 is 10.1 Å². The summed E-state index contributed by atoms with van der Waals surface area (Å²) in [5, 5.41) is 3.61. The van der Waals surface area contributed by atoms with Gasteiger partial charge in [0, 0.05) is 13.2 Å². The maximum absolute atomic E-state index is 5.37. The first-order valence-corrected chi connectivity index (χ1v) is 6.39. The zero-order valence-electron chi connectivity index (χ0n) is 10.8. The normalized spacial score (nSPS) is 22.2. The van der Waals surface area contributed by atoms with Gasteiger partial charge in [-0.3, -0.25) is 0 Å². The highest BCUT2D eigenvalue weighted by Crippen LogP contribution is 2.19. The summed E-state index contributed by atoms with van der Waals surface area (Å²) in [6, 6.07) is 0. The summed E-state index contributed by atoms with van der Waals surface area (Å²) < 4.78 is 5.37. The lowest BCUT2D eigenvalue weighted by molar-refractivity contribution is 0.184. The molecule has 0 aromatic carbocycles. The molecule has 0 saturated carbocycles. The molecule has 0 aliphatic carbocycles. The average Bonchev–Trinajstić information content (AvgIpc) is 2.63. The third-order valence-electron chi connectivity index (χ3n) is 3.55. The van der Waals surface area contributed by atoms with Crippen molar-refractivity contribution in [3.63, 3.8) is 0 Å². The van der Waals surface area contributed by atoms with Crippen LogP contribution in [0.3, 0.4) is 0 Å². The Kier molecular flexibility index (Phi) is 5.62. The lowest BCUT2D eigenvalue weighted by Gasteiger charge is -2.25. The van der Waals surface area contributed by atoms with Crippen molar-refractivity contribution in [1.82, 2.24) is 5.32 Å². The summed E-state index contributed by atoms with van der Waals surface area (Å²) in [5.74, 6) is 3.10. The summed E-state index contributed by atoms with van der Waals surface area (Å²) in [4.78, 5) is 0. The van der Waals surface area contributed by atoms with E-state index in [4.69, 9.17) is 4.74 Å². The SMILES string of the molecule is CC(C)C(CNCC1CCOC1)C(C)C. The van der Waals surface area contributed by atoms with Crippen molar-refractivity contribution in [1.29, 1.82) is 0 Å². The number of hydrogen-bond donors (Lipinski definition) is 1. The molecule has 1 heterocycles. The van der Waals surface area contributed by atoms with Gasteiger partial charge in [-0.15, -0.1) is 0 Å². The van der Waals surface area contributed by atoms with E-state index in [-0.39, 0.29) is 0 Å². The standard InChI is InChI=1S/C13H27NO/c1-10(2)13(11(3)4)8-14-7-12-5-6-15-9-12/h10-14H,5-9H2,1-4H3. The van der Waals surface area contributed by atoms with E-state index in [1.54, 1.807) is 0 Å². The maximum Gasteiger partial charge on any atom is 0.0507 e. The number of nitrogens with one attached hydrogen (secondary N) is 1. The molecule has 15 heavy (non-hydrogen) atoms. The van der Waals surface area contributed by atoms with Crippen molar-refractivity contribution in [2.75, 3.05) is 26.3 Å². The van der Waals surface area contributed by atoms with E-state index in [9.17, 15) is 0 Å². The molecule has 0 aromatic rings. The maximum atomic E-state index is 5.37. The minimum absolute atomic E-state index is 0.755. The highest BCUT2D eigenvalue weighted by atomic mass is 16.5. The van der Waals surface area contributed by atoms with Crippen LogP contribution in [0, 0.1) is 23.7 Å². The molecule has 1 aliphatic rings. The Morgan fingerprint density at radius 1 is 1.20 bits per heavy atom. The molecular weight excluding hydrogens is 186 g/mol. The van der Waals surface area contributed by atoms with Crippen LogP contribution in [-0.4, -0.2) is 26.3 Å². The Labute approximate surface area is 94.8 Å². The molecule has 1 N–H and O–H groups in total. The molecule has 1 saturated heterocycles. The molecule has 2 nitrogen and oxygen atoms in total. The van der Waals surface area contributed by atoms with Gasteiger partial charge >= 0.3 is 0 Å². The first-order valence-electron chi connectivity index (χ1n) is 6.39. The van der Waals surface area contributed by atoms with E-state index in [1.807, 2.05) is 0 Å². The number of rotatable bonds is 6. The van der Waals surface area contributed by atoms with Crippen molar-refractivity contribution in [3.8, 4) is 0 Å². The monoisotopic (exact) mass is 213 g/mol. The van der Waals surface area contributed by atoms with Crippen molar-refractivity contribution in [2.24, 2.45) is 23.7 Å². The summed E-state index contributed by atoms with van der Waals surface area (Å²) in [5.41, 5.74) is 0. The van der Waals surface area contributed by atoms with Crippen molar-refractivity contribution < 1.29 is 4.74 Å².